The van der Waals surface area contributed by atoms with E-state index in [1.54, 1.807) is 0 Å². The molecule has 0 saturated heterocycles. The third-order valence-corrected chi connectivity index (χ3v) is 21.8. The first-order valence-corrected chi connectivity index (χ1v) is 22.2. The van der Waals surface area contributed by atoms with Gasteiger partial charge < -0.3 is 0 Å². The quantitative estimate of drug-likeness (QED) is 0.154. The van der Waals surface area contributed by atoms with E-state index in [9.17, 15) is 0 Å². The topological polar surface area (TPSA) is 21.7 Å². The Morgan fingerprint density at radius 1 is 0.521 bits per heavy atom. The molecule has 0 N–H and O–H groups in total. The van der Waals surface area contributed by atoms with Crippen LogP contribution < -0.4 is 24.2 Å². The minimum absolute atomic E-state index is 0.185. The summed E-state index contributed by atoms with van der Waals surface area (Å²) in [6.07, 6.45) is 0. The van der Waals surface area contributed by atoms with Gasteiger partial charge in [-0.15, -0.1) is 0 Å². The number of rotatable bonds is 1. The van der Waals surface area contributed by atoms with Gasteiger partial charge in [-0.05, 0) is 0 Å². The SMILES string of the molecule is Cc1ccc(N2c3cc4c(c5[c]3[Bi]3[c]6c(cc(C)cc6Oc6[c]3c2cc2c6C(C)(C)c3ccccc3-2)O5)C(C)(C)c2ccccc2-4)cc1. The Hall–Kier alpha value is -4.40. The maximum absolute atomic E-state index is 7.27. The van der Waals surface area contributed by atoms with E-state index in [-0.39, 0.29) is 10.8 Å². The Labute approximate surface area is 289 Å². The predicted octanol–water partition coefficient (Wildman–Crippen LogP) is 9.43. The van der Waals surface area contributed by atoms with Crippen LogP contribution in [0.2, 0.25) is 0 Å². The van der Waals surface area contributed by atoms with E-state index < -0.39 is 21.8 Å². The van der Waals surface area contributed by atoms with Crippen LogP contribution in [0.15, 0.2) is 97.1 Å². The summed E-state index contributed by atoms with van der Waals surface area (Å²) < 4.78 is 18.8. The Balaban J connectivity index is 1.33. The Morgan fingerprint density at radius 3 is 1.50 bits per heavy atom. The van der Waals surface area contributed by atoms with Gasteiger partial charge in [-0.1, -0.05) is 0 Å². The molecule has 0 bridgehead atoms. The third kappa shape index (κ3) is 3.15. The van der Waals surface area contributed by atoms with Gasteiger partial charge >= 0.3 is 291 Å². The van der Waals surface area contributed by atoms with Crippen molar-refractivity contribution in [2.45, 2.75) is 52.4 Å². The van der Waals surface area contributed by atoms with Crippen LogP contribution in [0.25, 0.3) is 22.3 Å². The van der Waals surface area contributed by atoms with E-state index in [0.717, 1.165) is 23.0 Å². The van der Waals surface area contributed by atoms with Crippen molar-refractivity contribution in [2.24, 2.45) is 0 Å². The predicted molar refractivity (Wildman–Crippen MR) is 197 cm³/mol. The average Bonchev–Trinajstić information content (AvgIpc) is 3.44. The molecule has 48 heavy (non-hydrogen) atoms. The molecule has 0 atom stereocenters. The van der Waals surface area contributed by atoms with Gasteiger partial charge in [0.1, 0.15) is 0 Å². The number of nitrogens with zero attached hydrogens (tertiary/aromatic N) is 1. The van der Waals surface area contributed by atoms with Crippen LogP contribution in [0.5, 0.6) is 23.0 Å². The van der Waals surface area contributed by atoms with Gasteiger partial charge in [-0.2, -0.15) is 0 Å². The molecule has 6 aromatic carbocycles. The van der Waals surface area contributed by atoms with Crippen molar-refractivity contribution in [3.63, 3.8) is 0 Å². The molecule has 0 fully saturated rings. The molecule has 2 aliphatic carbocycles. The molecular weight excluding hydrogens is 783 g/mol. The maximum atomic E-state index is 7.27. The monoisotopic (exact) mass is 817 g/mol. The van der Waals surface area contributed by atoms with Crippen molar-refractivity contribution in [3.8, 4) is 45.3 Å². The summed E-state index contributed by atoms with van der Waals surface area (Å²) in [5.74, 6) is 4.21. The van der Waals surface area contributed by atoms with Crippen molar-refractivity contribution in [2.75, 3.05) is 4.90 Å². The molecule has 0 radical (unpaired) electrons. The molecule has 0 spiro atoms. The first kappa shape index (κ1) is 27.5. The van der Waals surface area contributed by atoms with Gasteiger partial charge in [0.15, 0.2) is 0 Å². The molecule has 6 aromatic rings. The summed E-state index contributed by atoms with van der Waals surface area (Å²) >= 11 is -3.06. The van der Waals surface area contributed by atoms with Crippen LogP contribution >= 0.6 is 0 Å². The molecule has 4 heteroatoms. The van der Waals surface area contributed by atoms with E-state index in [1.807, 2.05) is 0 Å². The molecule has 0 amide bonds. The number of benzene rings is 6. The van der Waals surface area contributed by atoms with Crippen LogP contribution in [0.1, 0.15) is 61.1 Å². The average molecular weight is 818 g/mol. The number of aryl methyl sites for hydroxylation is 2. The number of hydrogen-bond acceptors (Lipinski definition) is 3. The molecule has 11 rings (SSSR count). The fraction of sp³-hybridized carbons (Fsp3) is 0.182. The summed E-state index contributed by atoms with van der Waals surface area (Å²) in [6, 6.07) is 36.6. The van der Waals surface area contributed by atoms with Crippen LogP contribution in [-0.2, 0) is 10.8 Å². The molecule has 5 aliphatic rings. The van der Waals surface area contributed by atoms with Crippen LogP contribution in [0.4, 0.5) is 17.1 Å². The van der Waals surface area contributed by atoms with Crippen molar-refractivity contribution < 1.29 is 9.47 Å². The number of ether oxygens (including phenoxy) is 2. The summed E-state index contributed by atoms with van der Waals surface area (Å²) in [4.78, 5) is 2.54. The fourth-order valence-electron chi connectivity index (χ4n) is 9.45. The van der Waals surface area contributed by atoms with Crippen molar-refractivity contribution >= 4 is 48.6 Å². The van der Waals surface area contributed by atoms with Gasteiger partial charge in [0.2, 0.25) is 0 Å². The van der Waals surface area contributed by atoms with E-state index in [0.29, 0.717) is 0 Å². The van der Waals surface area contributed by atoms with Gasteiger partial charge in [0.25, 0.3) is 0 Å². The molecule has 3 nitrogen and oxygen atoms in total. The molecule has 0 saturated carbocycles. The first-order chi connectivity index (χ1) is 23.1. The molecule has 0 unspecified atom stereocenters. The van der Waals surface area contributed by atoms with Gasteiger partial charge in [-0.3, -0.25) is 0 Å². The molecule has 0 aromatic heterocycles. The summed E-state index contributed by atoms with van der Waals surface area (Å²) in [5, 5.41) is 0. The van der Waals surface area contributed by atoms with E-state index >= 15 is 0 Å². The van der Waals surface area contributed by atoms with Gasteiger partial charge in [-0.25, -0.2) is 0 Å². The van der Waals surface area contributed by atoms with E-state index in [2.05, 4.69) is 144 Å². The second kappa shape index (κ2) is 8.79. The van der Waals surface area contributed by atoms with E-state index in [1.165, 1.54) is 82.5 Å². The third-order valence-electron chi connectivity index (χ3n) is 11.6. The number of anilines is 3. The minimum atomic E-state index is -3.06. The Morgan fingerprint density at radius 2 is 1.00 bits per heavy atom. The van der Waals surface area contributed by atoms with E-state index in [4.69, 9.17) is 9.47 Å². The molecular formula is C44H34BiNO2. The summed E-state index contributed by atoms with van der Waals surface area (Å²) in [5.41, 5.74) is 16.4. The van der Waals surface area contributed by atoms with Crippen molar-refractivity contribution in [1.82, 2.24) is 0 Å². The normalized spacial score (nSPS) is 17.1. The zero-order chi connectivity index (χ0) is 32.4. The van der Waals surface area contributed by atoms with Crippen LogP contribution in [-0.4, -0.2) is 21.8 Å². The second-order valence-electron chi connectivity index (χ2n) is 15.2. The zero-order valence-electron chi connectivity index (χ0n) is 27.9. The van der Waals surface area contributed by atoms with Crippen molar-refractivity contribution in [3.05, 3.63) is 130 Å². The summed E-state index contributed by atoms with van der Waals surface area (Å²) in [6.45, 7) is 13.9. The molecule has 232 valence electrons. The zero-order valence-corrected chi connectivity index (χ0v) is 31.4. The molecule has 3 heterocycles. The molecule has 3 aliphatic heterocycles. The fourth-order valence-corrected chi connectivity index (χ4v) is 20.5. The van der Waals surface area contributed by atoms with Crippen molar-refractivity contribution in [1.29, 1.82) is 0 Å². The van der Waals surface area contributed by atoms with Gasteiger partial charge in [0.05, 0.1) is 0 Å². The standard InChI is InChI=1S/C44H34NO2.Bi/c1-26-15-17-28(18-16-26)45-29-21-35-33-11-7-9-13-37(33)43(3,4)41(35)39(23-29)46-31-19-27(2)20-32(25-31)47-40-24-30(45)22-36-34-12-8-10-14-38(34)44(5,6)42(36)40;/h7-22H,1-6H3;. The van der Waals surface area contributed by atoms with Gasteiger partial charge in [0, 0.05) is 0 Å². The first-order valence-electron chi connectivity index (χ1n) is 16.9. The summed E-state index contributed by atoms with van der Waals surface area (Å²) in [7, 11) is 0. The Kier molecular flexibility index (Phi) is 5.04. The van der Waals surface area contributed by atoms with Crippen LogP contribution in [0, 0.1) is 13.8 Å². The number of fused-ring (bicyclic) bond motifs is 8. The van der Waals surface area contributed by atoms with Crippen LogP contribution in [0.3, 0.4) is 0 Å². The number of hydrogen-bond donors (Lipinski definition) is 0. The Bertz CT molecular complexity index is 2340. The second-order valence-corrected chi connectivity index (χ2v) is 23.0.